The SMILES string of the molecule is C=C1C(=O)O[C@]2(CCCO)[C@@H]3CC[C@@H]4C[C@]3(C[C@@H]4O)[C@@H](C(=O)OC)[C@H]12. The molecule has 4 aliphatic rings. The Hall–Kier alpha value is -1.40. The summed E-state index contributed by atoms with van der Waals surface area (Å²) in [5.41, 5.74) is -0.862. The van der Waals surface area contributed by atoms with Crippen molar-refractivity contribution in [1.82, 2.24) is 0 Å². The summed E-state index contributed by atoms with van der Waals surface area (Å²) in [7, 11) is 1.37. The van der Waals surface area contributed by atoms with Gasteiger partial charge in [0, 0.05) is 24.0 Å². The summed E-state index contributed by atoms with van der Waals surface area (Å²) < 4.78 is 11.1. The number of rotatable bonds is 4. The van der Waals surface area contributed by atoms with E-state index in [0.29, 0.717) is 24.8 Å². The number of methoxy groups -OCH3 is 1. The molecule has 0 unspecified atom stereocenters. The van der Waals surface area contributed by atoms with Crippen LogP contribution in [0, 0.1) is 29.1 Å². The van der Waals surface area contributed by atoms with Crippen molar-refractivity contribution >= 4 is 11.9 Å². The summed E-state index contributed by atoms with van der Waals surface area (Å²) in [6, 6.07) is 0. The van der Waals surface area contributed by atoms with Gasteiger partial charge in [-0.15, -0.1) is 0 Å². The van der Waals surface area contributed by atoms with E-state index in [1.54, 1.807) is 0 Å². The summed E-state index contributed by atoms with van der Waals surface area (Å²) in [6.45, 7) is 3.95. The zero-order chi connectivity index (χ0) is 18.0. The van der Waals surface area contributed by atoms with E-state index in [9.17, 15) is 19.8 Å². The Bertz CT molecular complexity index is 625. The molecule has 7 atom stereocenters. The Morgan fingerprint density at radius 3 is 2.84 bits per heavy atom. The number of esters is 2. The number of carbonyl (C=O) groups excluding carboxylic acids is 2. The molecule has 0 aromatic rings. The molecular formula is C19H26O6. The first kappa shape index (κ1) is 17.0. The van der Waals surface area contributed by atoms with Crippen LogP contribution >= 0.6 is 0 Å². The lowest BCUT2D eigenvalue weighted by molar-refractivity contribution is -0.157. The number of hydrogen-bond acceptors (Lipinski definition) is 6. The molecule has 6 heteroatoms. The largest absolute Gasteiger partial charge is 0.469 e. The summed E-state index contributed by atoms with van der Waals surface area (Å²) in [6.07, 6.45) is 3.60. The molecule has 2 N–H and O–H groups in total. The molecule has 6 nitrogen and oxygen atoms in total. The molecular weight excluding hydrogens is 324 g/mol. The van der Waals surface area contributed by atoms with E-state index in [1.165, 1.54) is 7.11 Å². The first-order chi connectivity index (χ1) is 11.9. The molecule has 1 aliphatic heterocycles. The Morgan fingerprint density at radius 2 is 2.16 bits per heavy atom. The van der Waals surface area contributed by atoms with Crippen LogP contribution in [0.1, 0.15) is 38.5 Å². The number of aliphatic hydroxyl groups is 2. The topological polar surface area (TPSA) is 93.1 Å². The lowest BCUT2D eigenvalue weighted by atomic mass is 9.63. The first-order valence-corrected chi connectivity index (χ1v) is 9.20. The molecule has 4 rings (SSSR count). The molecule has 0 amide bonds. The number of hydrogen-bond donors (Lipinski definition) is 2. The third-order valence-corrected chi connectivity index (χ3v) is 7.47. The molecule has 2 bridgehead atoms. The van der Waals surface area contributed by atoms with Gasteiger partial charge in [-0.3, -0.25) is 4.79 Å². The van der Waals surface area contributed by atoms with Crippen LogP contribution in [-0.4, -0.2) is 47.6 Å². The maximum Gasteiger partial charge on any atom is 0.334 e. The molecule has 0 radical (unpaired) electrons. The molecule has 3 aliphatic carbocycles. The second-order valence-electron chi connectivity index (χ2n) is 8.27. The number of aliphatic hydroxyl groups excluding tert-OH is 2. The Balaban J connectivity index is 1.87. The summed E-state index contributed by atoms with van der Waals surface area (Å²) in [4.78, 5) is 25.2. The van der Waals surface area contributed by atoms with Gasteiger partial charge in [-0.25, -0.2) is 4.79 Å². The highest BCUT2D eigenvalue weighted by Gasteiger charge is 2.77. The molecule has 3 saturated carbocycles. The highest BCUT2D eigenvalue weighted by atomic mass is 16.6. The fourth-order valence-electron chi connectivity index (χ4n) is 6.77. The van der Waals surface area contributed by atoms with E-state index in [-0.39, 0.29) is 24.4 Å². The summed E-state index contributed by atoms with van der Waals surface area (Å²) in [5.74, 6) is -1.52. The van der Waals surface area contributed by atoms with Gasteiger partial charge in [-0.1, -0.05) is 6.58 Å². The minimum Gasteiger partial charge on any atom is -0.469 e. The van der Waals surface area contributed by atoms with E-state index in [0.717, 1.165) is 19.3 Å². The molecule has 25 heavy (non-hydrogen) atoms. The van der Waals surface area contributed by atoms with Crippen LogP contribution in [0.5, 0.6) is 0 Å². The van der Waals surface area contributed by atoms with Crippen molar-refractivity contribution in [1.29, 1.82) is 0 Å². The number of carbonyl (C=O) groups is 2. The smallest absolute Gasteiger partial charge is 0.334 e. The van der Waals surface area contributed by atoms with Crippen molar-refractivity contribution in [2.45, 2.75) is 50.2 Å². The maximum absolute atomic E-state index is 12.8. The molecule has 4 fully saturated rings. The lowest BCUT2D eigenvalue weighted by Gasteiger charge is -2.43. The van der Waals surface area contributed by atoms with Crippen LogP contribution in [-0.2, 0) is 19.1 Å². The van der Waals surface area contributed by atoms with Crippen molar-refractivity contribution in [3.8, 4) is 0 Å². The van der Waals surface area contributed by atoms with E-state index < -0.39 is 34.9 Å². The summed E-state index contributed by atoms with van der Waals surface area (Å²) >= 11 is 0. The van der Waals surface area contributed by atoms with Crippen LogP contribution in [0.4, 0.5) is 0 Å². The first-order valence-electron chi connectivity index (χ1n) is 9.20. The van der Waals surface area contributed by atoms with Crippen LogP contribution in [0.3, 0.4) is 0 Å². The standard InChI is InChI=1S/C19H26O6/c1-10-14-15(17(23)24-2)18-8-11(12(21)9-18)4-5-13(18)19(14,6-3-7-20)25-16(10)22/h11-15,20-21H,1,3-9H2,2H3/t11-,12+,13-,14+,15-,18-,19-/m1/s1. The van der Waals surface area contributed by atoms with Crippen molar-refractivity contribution in [2.24, 2.45) is 29.1 Å². The van der Waals surface area contributed by atoms with Crippen LogP contribution in [0.15, 0.2) is 12.2 Å². The lowest BCUT2D eigenvalue weighted by Crippen LogP contribution is -2.44. The van der Waals surface area contributed by atoms with Crippen molar-refractivity contribution < 1.29 is 29.3 Å². The number of fused-ring (bicyclic) bond motifs is 3. The minimum absolute atomic E-state index is 0.00255. The maximum atomic E-state index is 12.8. The number of ether oxygens (including phenoxy) is 2. The van der Waals surface area contributed by atoms with E-state index in [2.05, 4.69) is 6.58 Å². The van der Waals surface area contributed by atoms with Crippen LogP contribution < -0.4 is 0 Å². The average Bonchev–Trinajstić information content (AvgIpc) is 3.09. The van der Waals surface area contributed by atoms with Gasteiger partial charge in [0.25, 0.3) is 0 Å². The predicted molar refractivity (Wildman–Crippen MR) is 87.2 cm³/mol. The second-order valence-corrected chi connectivity index (χ2v) is 8.27. The average molecular weight is 350 g/mol. The highest BCUT2D eigenvalue weighted by Crippen LogP contribution is 2.73. The zero-order valence-electron chi connectivity index (χ0n) is 14.6. The van der Waals surface area contributed by atoms with E-state index >= 15 is 0 Å². The van der Waals surface area contributed by atoms with E-state index in [4.69, 9.17) is 9.47 Å². The van der Waals surface area contributed by atoms with Gasteiger partial charge < -0.3 is 19.7 Å². The minimum atomic E-state index is -0.801. The fourth-order valence-corrected chi connectivity index (χ4v) is 6.77. The van der Waals surface area contributed by atoms with Gasteiger partial charge in [-0.05, 0) is 49.9 Å². The quantitative estimate of drug-likeness (QED) is 0.584. The van der Waals surface area contributed by atoms with Crippen LogP contribution in [0.2, 0.25) is 0 Å². The Labute approximate surface area is 147 Å². The van der Waals surface area contributed by atoms with Gasteiger partial charge in [0.1, 0.15) is 5.60 Å². The molecule has 1 saturated heterocycles. The molecule has 1 heterocycles. The third-order valence-electron chi connectivity index (χ3n) is 7.47. The van der Waals surface area contributed by atoms with Crippen LogP contribution in [0.25, 0.3) is 0 Å². The summed E-state index contributed by atoms with van der Waals surface area (Å²) in [5, 5.41) is 19.9. The monoisotopic (exact) mass is 350 g/mol. The fraction of sp³-hybridized carbons (Fsp3) is 0.789. The van der Waals surface area contributed by atoms with E-state index in [1.807, 2.05) is 0 Å². The van der Waals surface area contributed by atoms with Crippen molar-refractivity contribution in [3.63, 3.8) is 0 Å². The Morgan fingerprint density at radius 1 is 1.40 bits per heavy atom. The zero-order valence-corrected chi connectivity index (χ0v) is 14.6. The van der Waals surface area contributed by atoms with Gasteiger partial charge in [0.05, 0.1) is 19.1 Å². The Kier molecular flexibility index (Phi) is 3.78. The van der Waals surface area contributed by atoms with Gasteiger partial charge in [0.2, 0.25) is 0 Å². The predicted octanol–water partition coefficient (Wildman–Crippen LogP) is 1.20. The van der Waals surface area contributed by atoms with Gasteiger partial charge in [-0.2, -0.15) is 0 Å². The third kappa shape index (κ3) is 1.98. The molecule has 138 valence electrons. The normalized spacial score (nSPS) is 47.4. The van der Waals surface area contributed by atoms with Gasteiger partial charge >= 0.3 is 11.9 Å². The van der Waals surface area contributed by atoms with Crippen molar-refractivity contribution in [2.75, 3.05) is 13.7 Å². The molecule has 1 spiro atoms. The molecule has 0 aromatic heterocycles. The van der Waals surface area contributed by atoms with Gasteiger partial charge in [0.15, 0.2) is 0 Å². The molecule has 0 aromatic carbocycles. The second kappa shape index (κ2) is 5.55. The highest BCUT2D eigenvalue weighted by molar-refractivity contribution is 5.94. The van der Waals surface area contributed by atoms with Crippen molar-refractivity contribution in [3.05, 3.63) is 12.2 Å².